The number of carbonyl (C=O) groups excluding carboxylic acids is 1. The van der Waals surface area contributed by atoms with E-state index in [4.69, 9.17) is 9.47 Å². The lowest BCUT2D eigenvalue weighted by Crippen LogP contribution is -2.60. The predicted molar refractivity (Wildman–Crippen MR) is 204 cm³/mol. The van der Waals surface area contributed by atoms with Gasteiger partial charge in [0.25, 0.3) is 0 Å². The summed E-state index contributed by atoms with van der Waals surface area (Å²) in [5.74, 6) is -0.628. The molecule has 1 amide bonds. The molecule has 1 saturated heterocycles. The largest absolute Gasteiger partial charge is 0.394 e. The molecule has 1 rings (SSSR count). The summed E-state index contributed by atoms with van der Waals surface area (Å²) in [5, 5.41) is 64.5. The number of aliphatic hydroxyl groups is 6. The lowest BCUT2D eigenvalue weighted by Gasteiger charge is -2.40. The molecule has 10 nitrogen and oxygen atoms in total. The SMILES string of the molecule is CCCCCCCCCCCCCCC(O)C(=O)N[C@@H](COC1OC(CO)C(O)C(O)C1O)C(O)/C=C/CC/C=C(\C)CCCCCCCCC. The summed E-state index contributed by atoms with van der Waals surface area (Å²) >= 11 is 0. The van der Waals surface area contributed by atoms with Gasteiger partial charge < -0.3 is 45.4 Å². The molecule has 300 valence electrons. The van der Waals surface area contributed by atoms with Crippen molar-refractivity contribution in [2.24, 2.45) is 0 Å². The van der Waals surface area contributed by atoms with Crippen molar-refractivity contribution in [3.63, 3.8) is 0 Å². The summed E-state index contributed by atoms with van der Waals surface area (Å²) in [7, 11) is 0. The van der Waals surface area contributed by atoms with Gasteiger partial charge in [0.05, 0.1) is 25.4 Å². The maximum Gasteiger partial charge on any atom is 0.249 e. The smallest absolute Gasteiger partial charge is 0.249 e. The number of aliphatic hydroxyl groups excluding tert-OH is 6. The Bertz CT molecular complexity index is 898. The Labute approximate surface area is 310 Å². The van der Waals surface area contributed by atoms with E-state index in [1.165, 1.54) is 102 Å². The Kier molecular flexibility index (Phi) is 29.0. The van der Waals surface area contributed by atoms with E-state index in [1.807, 2.05) is 6.08 Å². The molecular weight excluding hydrogens is 650 g/mol. The molecule has 1 aliphatic rings. The number of ether oxygens (including phenoxy) is 2. The first-order valence-corrected chi connectivity index (χ1v) is 20.6. The van der Waals surface area contributed by atoms with Gasteiger partial charge >= 0.3 is 0 Å². The van der Waals surface area contributed by atoms with Gasteiger partial charge in [-0.15, -0.1) is 0 Å². The van der Waals surface area contributed by atoms with E-state index >= 15 is 0 Å². The van der Waals surface area contributed by atoms with Gasteiger partial charge in [0, 0.05) is 0 Å². The van der Waals surface area contributed by atoms with Gasteiger partial charge in [-0.25, -0.2) is 0 Å². The van der Waals surface area contributed by atoms with Crippen LogP contribution in [0.2, 0.25) is 0 Å². The fraction of sp³-hybridized carbons (Fsp3) is 0.878. The zero-order valence-corrected chi connectivity index (χ0v) is 32.4. The van der Waals surface area contributed by atoms with Crippen molar-refractivity contribution in [3.8, 4) is 0 Å². The molecule has 7 unspecified atom stereocenters. The quantitative estimate of drug-likeness (QED) is 0.0301. The molecule has 10 heteroatoms. The van der Waals surface area contributed by atoms with Gasteiger partial charge in [-0.1, -0.05) is 153 Å². The zero-order chi connectivity index (χ0) is 37.7. The number of hydrogen-bond acceptors (Lipinski definition) is 9. The average molecular weight is 728 g/mol. The van der Waals surface area contributed by atoms with Crippen molar-refractivity contribution in [2.45, 2.75) is 217 Å². The second kappa shape index (κ2) is 31.0. The maximum atomic E-state index is 13.0. The minimum atomic E-state index is -1.61. The molecule has 7 N–H and O–H groups in total. The van der Waals surface area contributed by atoms with Crippen LogP contribution in [0.25, 0.3) is 0 Å². The van der Waals surface area contributed by atoms with Crippen LogP contribution in [0.1, 0.15) is 168 Å². The zero-order valence-electron chi connectivity index (χ0n) is 32.4. The standard InChI is InChI=1S/C41H77NO9/c1-4-6-8-10-12-13-14-15-16-18-20-24-29-35(45)40(49)42-33(31-50-41-39(48)38(47)37(46)36(30-43)51-41)34(44)28-25-21-23-27-32(3)26-22-19-17-11-9-7-5-2/h25,27-28,33-39,41,43-48H,4-24,26,29-31H2,1-3H3,(H,42,49)/b28-25+,32-27+/t33-,34?,35?,36?,37?,38?,39?,41?/m0/s1. The highest BCUT2D eigenvalue weighted by atomic mass is 16.7. The third-order valence-corrected chi connectivity index (χ3v) is 10.00. The average Bonchev–Trinajstić information content (AvgIpc) is 3.12. The fourth-order valence-corrected chi connectivity index (χ4v) is 6.48. The van der Waals surface area contributed by atoms with Crippen LogP contribution in [0.5, 0.6) is 0 Å². The van der Waals surface area contributed by atoms with Gasteiger partial charge in [-0.3, -0.25) is 4.79 Å². The van der Waals surface area contributed by atoms with E-state index in [-0.39, 0.29) is 6.61 Å². The number of unbranched alkanes of at least 4 members (excludes halogenated alkanes) is 18. The van der Waals surface area contributed by atoms with Crippen molar-refractivity contribution in [1.29, 1.82) is 0 Å². The van der Waals surface area contributed by atoms with Crippen LogP contribution in [0, 0.1) is 0 Å². The van der Waals surface area contributed by atoms with Crippen molar-refractivity contribution < 1.29 is 44.9 Å². The summed E-state index contributed by atoms with van der Waals surface area (Å²) in [6, 6.07) is -0.993. The molecular formula is C41H77NO9. The van der Waals surface area contributed by atoms with E-state index in [9.17, 15) is 35.4 Å². The third kappa shape index (κ3) is 22.4. The van der Waals surface area contributed by atoms with Crippen LogP contribution in [-0.4, -0.2) is 98.7 Å². The number of rotatable bonds is 32. The van der Waals surface area contributed by atoms with Gasteiger partial charge in [0.15, 0.2) is 6.29 Å². The number of carbonyl (C=O) groups is 1. The highest BCUT2D eigenvalue weighted by Gasteiger charge is 2.44. The minimum Gasteiger partial charge on any atom is -0.394 e. The molecule has 1 aliphatic heterocycles. The van der Waals surface area contributed by atoms with E-state index in [0.717, 1.165) is 32.1 Å². The highest BCUT2D eigenvalue weighted by Crippen LogP contribution is 2.22. The summed E-state index contributed by atoms with van der Waals surface area (Å²) in [4.78, 5) is 13.0. The normalized spacial score (nSPS) is 23.1. The molecule has 0 aliphatic carbocycles. The second-order valence-electron chi connectivity index (χ2n) is 14.8. The second-order valence-corrected chi connectivity index (χ2v) is 14.8. The van der Waals surface area contributed by atoms with Gasteiger partial charge in [0.2, 0.25) is 5.91 Å². The Morgan fingerprint density at radius 2 is 1.27 bits per heavy atom. The number of amides is 1. The van der Waals surface area contributed by atoms with Crippen LogP contribution in [0.4, 0.5) is 0 Å². The Morgan fingerprint density at radius 1 is 0.745 bits per heavy atom. The lowest BCUT2D eigenvalue weighted by molar-refractivity contribution is -0.302. The van der Waals surface area contributed by atoms with Crippen LogP contribution < -0.4 is 5.32 Å². The van der Waals surface area contributed by atoms with E-state index in [0.29, 0.717) is 19.3 Å². The molecule has 0 saturated carbocycles. The molecule has 0 aromatic heterocycles. The van der Waals surface area contributed by atoms with E-state index < -0.39 is 61.5 Å². The van der Waals surface area contributed by atoms with Crippen molar-refractivity contribution >= 4 is 5.91 Å². The lowest BCUT2D eigenvalue weighted by atomic mass is 9.99. The number of nitrogens with one attached hydrogen (secondary N) is 1. The summed E-state index contributed by atoms with van der Waals surface area (Å²) in [6.45, 7) is 5.70. The van der Waals surface area contributed by atoms with Crippen molar-refractivity contribution in [2.75, 3.05) is 13.2 Å². The van der Waals surface area contributed by atoms with Crippen LogP contribution in [-0.2, 0) is 14.3 Å². The first kappa shape index (κ1) is 47.7. The monoisotopic (exact) mass is 728 g/mol. The maximum absolute atomic E-state index is 13.0. The Balaban J connectivity index is 2.59. The first-order chi connectivity index (χ1) is 24.7. The molecule has 1 fully saturated rings. The molecule has 0 bridgehead atoms. The molecule has 8 atom stereocenters. The van der Waals surface area contributed by atoms with Crippen LogP contribution >= 0.6 is 0 Å². The van der Waals surface area contributed by atoms with Gasteiger partial charge in [-0.2, -0.15) is 0 Å². The highest BCUT2D eigenvalue weighted by molar-refractivity contribution is 5.80. The van der Waals surface area contributed by atoms with E-state index in [1.54, 1.807) is 6.08 Å². The molecule has 0 aromatic carbocycles. The van der Waals surface area contributed by atoms with E-state index in [2.05, 4.69) is 32.2 Å². The van der Waals surface area contributed by atoms with Crippen LogP contribution in [0.15, 0.2) is 23.8 Å². The van der Waals surface area contributed by atoms with Crippen LogP contribution in [0.3, 0.4) is 0 Å². The topological polar surface area (TPSA) is 169 Å². The Morgan fingerprint density at radius 3 is 1.82 bits per heavy atom. The minimum absolute atomic E-state index is 0.306. The number of allylic oxidation sites excluding steroid dienone is 3. The molecule has 0 radical (unpaired) electrons. The fourth-order valence-electron chi connectivity index (χ4n) is 6.48. The summed E-state index contributed by atoms with van der Waals surface area (Å²) < 4.78 is 11.1. The van der Waals surface area contributed by atoms with Crippen molar-refractivity contribution in [3.05, 3.63) is 23.8 Å². The van der Waals surface area contributed by atoms with Crippen molar-refractivity contribution in [1.82, 2.24) is 5.32 Å². The molecule has 0 aromatic rings. The summed E-state index contributed by atoms with van der Waals surface area (Å²) in [5.41, 5.74) is 1.36. The Hall–Kier alpha value is -1.37. The molecule has 1 heterocycles. The van der Waals surface area contributed by atoms with Gasteiger partial charge in [-0.05, 0) is 39.0 Å². The van der Waals surface area contributed by atoms with Gasteiger partial charge in [0.1, 0.15) is 30.5 Å². The number of hydrogen-bond donors (Lipinski definition) is 7. The third-order valence-electron chi connectivity index (χ3n) is 10.00. The molecule has 51 heavy (non-hydrogen) atoms. The predicted octanol–water partition coefficient (Wildman–Crippen LogP) is 6.52. The first-order valence-electron chi connectivity index (χ1n) is 20.6. The molecule has 0 spiro atoms. The summed E-state index contributed by atoms with van der Waals surface area (Å²) in [6.07, 6.45) is 22.0.